The zero-order valence-corrected chi connectivity index (χ0v) is 9.66. The predicted octanol–water partition coefficient (Wildman–Crippen LogP) is 2.39. The summed E-state index contributed by atoms with van der Waals surface area (Å²) >= 11 is 2.10. The molecule has 0 radical (unpaired) electrons. The van der Waals surface area contributed by atoms with E-state index >= 15 is 0 Å². The van der Waals surface area contributed by atoms with Gasteiger partial charge in [-0.1, -0.05) is 0 Å². The molecule has 0 unspecified atom stereocenters. The molecule has 0 atom stereocenters. The van der Waals surface area contributed by atoms with E-state index in [0.717, 1.165) is 9.52 Å². The molecule has 0 spiro atoms. The van der Waals surface area contributed by atoms with E-state index in [2.05, 4.69) is 27.6 Å². The zero-order valence-electron chi connectivity index (χ0n) is 7.50. The lowest BCUT2D eigenvalue weighted by molar-refractivity contribution is -0.384. The maximum atomic E-state index is 10.5. The molecule has 0 saturated heterocycles. The molecule has 6 heteroatoms. The van der Waals surface area contributed by atoms with Crippen molar-refractivity contribution in [3.8, 4) is 5.69 Å². The lowest BCUT2D eigenvalue weighted by Gasteiger charge is -2.02. The van der Waals surface area contributed by atoms with E-state index in [-0.39, 0.29) is 5.69 Å². The SMILES string of the molecule is O=[N+]([O-])c1ccc(-n2ccnc2I)cc1. The highest BCUT2D eigenvalue weighted by Crippen LogP contribution is 2.16. The van der Waals surface area contributed by atoms with Crippen LogP contribution in [0.5, 0.6) is 0 Å². The van der Waals surface area contributed by atoms with Crippen molar-refractivity contribution in [1.29, 1.82) is 0 Å². The standard InChI is InChI=1S/C9H6IN3O2/c10-9-11-5-6-12(9)7-1-3-8(4-2-7)13(14)15/h1-6H. The summed E-state index contributed by atoms with van der Waals surface area (Å²) in [4.78, 5) is 14.1. The molecule has 0 aliphatic rings. The normalized spacial score (nSPS) is 10.2. The van der Waals surface area contributed by atoms with Crippen LogP contribution in [0, 0.1) is 13.9 Å². The highest BCUT2D eigenvalue weighted by Gasteiger charge is 2.06. The van der Waals surface area contributed by atoms with Crippen molar-refractivity contribution in [3.63, 3.8) is 0 Å². The second kappa shape index (κ2) is 3.97. The van der Waals surface area contributed by atoms with E-state index < -0.39 is 4.92 Å². The molecule has 5 nitrogen and oxygen atoms in total. The number of aromatic nitrogens is 2. The van der Waals surface area contributed by atoms with Crippen molar-refractivity contribution >= 4 is 28.3 Å². The van der Waals surface area contributed by atoms with Crippen LogP contribution >= 0.6 is 22.6 Å². The molecule has 0 bridgehead atoms. The molecule has 0 amide bonds. The van der Waals surface area contributed by atoms with Gasteiger partial charge in [0.05, 0.1) is 4.92 Å². The second-order valence-electron chi connectivity index (χ2n) is 2.84. The number of nitro groups is 1. The van der Waals surface area contributed by atoms with E-state index in [9.17, 15) is 10.1 Å². The average Bonchev–Trinajstić information content (AvgIpc) is 2.65. The first kappa shape index (κ1) is 10.1. The van der Waals surface area contributed by atoms with Gasteiger partial charge in [-0.25, -0.2) is 4.98 Å². The van der Waals surface area contributed by atoms with Gasteiger partial charge in [-0.2, -0.15) is 0 Å². The molecule has 15 heavy (non-hydrogen) atoms. The number of rotatable bonds is 2. The molecule has 2 rings (SSSR count). The third kappa shape index (κ3) is 1.99. The Kier molecular flexibility index (Phi) is 2.67. The molecule has 76 valence electrons. The summed E-state index contributed by atoms with van der Waals surface area (Å²) in [5, 5.41) is 10.5. The second-order valence-corrected chi connectivity index (χ2v) is 3.80. The van der Waals surface area contributed by atoms with E-state index in [1.54, 1.807) is 18.3 Å². The van der Waals surface area contributed by atoms with Gasteiger partial charge in [-0.05, 0) is 12.1 Å². The molecule has 1 aromatic carbocycles. The number of hydrogen-bond donors (Lipinski definition) is 0. The number of hydrogen-bond acceptors (Lipinski definition) is 3. The maximum absolute atomic E-state index is 10.5. The van der Waals surface area contributed by atoms with E-state index in [4.69, 9.17) is 0 Å². The summed E-state index contributed by atoms with van der Waals surface area (Å²) in [6, 6.07) is 6.35. The van der Waals surface area contributed by atoms with Crippen LogP contribution < -0.4 is 0 Å². The first-order valence-electron chi connectivity index (χ1n) is 4.12. The van der Waals surface area contributed by atoms with Crippen molar-refractivity contribution in [2.45, 2.75) is 0 Å². The van der Waals surface area contributed by atoms with Crippen LogP contribution in [0.1, 0.15) is 0 Å². The number of nitro benzene ring substituents is 1. The first-order chi connectivity index (χ1) is 7.18. The topological polar surface area (TPSA) is 61.0 Å². The maximum Gasteiger partial charge on any atom is 0.269 e. The third-order valence-corrected chi connectivity index (χ3v) is 2.73. The smallest absolute Gasteiger partial charge is 0.269 e. The quantitative estimate of drug-likeness (QED) is 0.486. The highest BCUT2D eigenvalue weighted by atomic mass is 127. The molecular weight excluding hydrogens is 309 g/mol. The van der Waals surface area contributed by atoms with Gasteiger partial charge in [-0.15, -0.1) is 0 Å². The van der Waals surface area contributed by atoms with Crippen molar-refractivity contribution < 1.29 is 4.92 Å². The van der Waals surface area contributed by atoms with Crippen LogP contribution in [-0.2, 0) is 0 Å². The largest absolute Gasteiger partial charge is 0.295 e. The minimum Gasteiger partial charge on any atom is -0.295 e. The highest BCUT2D eigenvalue weighted by molar-refractivity contribution is 14.1. The summed E-state index contributed by atoms with van der Waals surface area (Å²) < 4.78 is 2.67. The van der Waals surface area contributed by atoms with Gasteiger partial charge in [-0.3, -0.25) is 14.7 Å². The number of nitrogens with zero attached hydrogens (tertiary/aromatic N) is 3. The summed E-state index contributed by atoms with van der Waals surface area (Å²) in [6.07, 6.45) is 3.49. The van der Waals surface area contributed by atoms with Crippen LogP contribution in [0.15, 0.2) is 36.7 Å². The van der Waals surface area contributed by atoms with Gasteiger partial charge in [0.2, 0.25) is 0 Å². The molecule has 0 N–H and O–H groups in total. The Balaban J connectivity index is 2.40. The number of halogens is 1. The third-order valence-electron chi connectivity index (χ3n) is 1.93. The van der Waals surface area contributed by atoms with Crippen molar-refractivity contribution in [3.05, 3.63) is 50.6 Å². The van der Waals surface area contributed by atoms with Gasteiger partial charge < -0.3 is 0 Å². The minimum atomic E-state index is -0.414. The van der Waals surface area contributed by atoms with Gasteiger partial charge in [0, 0.05) is 52.8 Å². The van der Waals surface area contributed by atoms with Gasteiger partial charge in [0.15, 0.2) is 3.83 Å². The number of benzene rings is 1. The molecule has 1 heterocycles. The fourth-order valence-corrected chi connectivity index (χ4v) is 1.81. The van der Waals surface area contributed by atoms with Crippen LogP contribution in [0.2, 0.25) is 0 Å². The van der Waals surface area contributed by atoms with Gasteiger partial charge in [0.1, 0.15) is 0 Å². The van der Waals surface area contributed by atoms with E-state index in [0.29, 0.717) is 0 Å². The molecule has 0 saturated carbocycles. The van der Waals surface area contributed by atoms with Crippen molar-refractivity contribution in [2.24, 2.45) is 0 Å². The summed E-state index contributed by atoms with van der Waals surface area (Å²) in [5.41, 5.74) is 0.955. The van der Waals surface area contributed by atoms with Crippen LogP contribution in [0.3, 0.4) is 0 Å². The van der Waals surface area contributed by atoms with Crippen LogP contribution in [-0.4, -0.2) is 14.5 Å². The summed E-state index contributed by atoms with van der Waals surface area (Å²) in [5.74, 6) is 0. The average molecular weight is 315 g/mol. The molecule has 2 aromatic rings. The molecule has 1 aromatic heterocycles. The summed E-state index contributed by atoms with van der Waals surface area (Å²) in [7, 11) is 0. The Morgan fingerprint density at radius 2 is 2.00 bits per heavy atom. The molecule has 0 aliphatic heterocycles. The van der Waals surface area contributed by atoms with Gasteiger partial charge in [0.25, 0.3) is 5.69 Å². The zero-order chi connectivity index (χ0) is 10.8. The minimum absolute atomic E-state index is 0.0915. The van der Waals surface area contributed by atoms with E-state index in [1.807, 2.05) is 10.8 Å². The van der Waals surface area contributed by atoms with Crippen LogP contribution in [0.4, 0.5) is 5.69 Å². The lowest BCUT2D eigenvalue weighted by Crippen LogP contribution is -1.95. The molecule has 0 aliphatic carbocycles. The Bertz CT molecular complexity index is 492. The fraction of sp³-hybridized carbons (Fsp3) is 0. The van der Waals surface area contributed by atoms with Crippen molar-refractivity contribution in [2.75, 3.05) is 0 Å². The molecular formula is C9H6IN3O2. The Hall–Kier alpha value is -1.44. The predicted molar refractivity (Wildman–Crippen MR) is 62.9 cm³/mol. The van der Waals surface area contributed by atoms with Crippen molar-refractivity contribution in [1.82, 2.24) is 9.55 Å². The van der Waals surface area contributed by atoms with Gasteiger partial charge >= 0.3 is 0 Å². The van der Waals surface area contributed by atoms with E-state index in [1.165, 1.54) is 12.1 Å². The lowest BCUT2D eigenvalue weighted by atomic mass is 10.3. The summed E-state index contributed by atoms with van der Waals surface area (Å²) in [6.45, 7) is 0. The number of non-ortho nitro benzene ring substituents is 1. The van der Waals surface area contributed by atoms with Crippen LogP contribution in [0.25, 0.3) is 5.69 Å². The molecule has 0 fully saturated rings. The first-order valence-corrected chi connectivity index (χ1v) is 5.20. The Morgan fingerprint density at radius 3 is 2.47 bits per heavy atom. The number of imidazole rings is 1. The Morgan fingerprint density at radius 1 is 1.33 bits per heavy atom. The fourth-order valence-electron chi connectivity index (χ4n) is 1.21. The monoisotopic (exact) mass is 315 g/mol. The Labute approximate surface area is 99.0 Å².